The third-order valence-corrected chi connectivity index (χ3v) is 6.87. The zero-order chi connectivity index (χ0) is 25.4. The van der Waals surface area contributed by atoms with E-state index in [1.165, 1.54) is 18.2 Å². The summed E-state index contributed by atoms with van der Waals surface area (Å²) in [4.78, 5) is 27.0. The number of carbonyl (C=O) groups excluding carboxylic acids is 2. The molecule has 1 heterocycles. The van der Waals surface area contributed by atoms with E-state index in [-0.39, 0.29) is 17.9 Å². The van der Waals surface area contributed by atoms with E-state index in [9.17, 15) is 9.59 Å². The summed E-state index contributed by atoms with van der Waals surface area (Å²) in [6, 6.07) is 14.0. The quantitative estimate of drug-likeness (QED) is 0.380. The second kappa shape index (κ2) is 12.2. The van der Waals surface area contributed by atoms with Crippen molar-refractivity contribution < 1.29 is 19.1 Å². The van der Waals surface area contributed by atoms with E-state index >= 15 is 0 Å². The normalized spacial score (nSPS) is 15.0. The second-order valence-corrected chi connectivity index (χ2v) is 10.3. The fourth-order valence-electron chi connectivity index (χ4n) is 4.41. The molecular formula is C29H40N2O4. The van der Waals surface area contributed by atoms with E-state index in [2.05, 4.69) is 42.3 Å². The van der Waals surface area contributed by atoms with Gasteiger partial charge in [0.15, 0.2) is 0 Å². The van der Waals surface area contributed by atoms with Crippen LogP contribution in [-0.4, -0.2) is 49.6 Å². The minimum Gasteiger partial charge on any atom is -0.493 e. The summed E-state index contributed by atoms with van der Waals surface area (Å²) >= 11 is 0. The molecule has 0 spiro atoms. The first kappa shape index (κ1) is 26.7. The molecule has 1 aliphatic heterocycles. The standard InChI is InChI=1S/C29H40N2O4/c1-21-7-8-22(2)26(19-21)35-18-6-15-29(3,4)28(33)30-25-13-16-31(17-14-25)20-23-9-11-24(12-10-23)27(32)34-5/h7-12,19,25H,6,13-18,20H2,1-5H3,(H,30,33). The molecule has 3 rings (SSSR count). The van der Waals surface area contributed by atoms with Gasteiger partial charge in [0.25, 0.3) is 0 Å². The molecule has 0 radical (unpaired) electrons. The maximum atomic E-state index is 13.0. The SMILES string of the molecule is COC(=O)c1ccc(CN2CCC(NC(=O)C(C)(C)CCCOc3cc(C)ccc3C)CC2)cc1. The van der Waals surface area contributed by atoms with Crippen molar-refractivity contribution in [3.05, 3.63) is 64.7 Å². The average molecular weight is 481 g/mol. The van der Waals surface area contributed by atoms with Gasteiger partial charge in [0, 0.05) is 31.1 Å². The minimum absolute atomic E-state index is 0.126. The maximum absolute atomic E-state index is 13.0. The Balaban J connectivity index is 1.38. The molecule has 2 aromatic carbocycles. The molecule has 0 unspecified atom stereocenters. The molecule has 1 aliphatic rings. The van der Waals surface area contributed by atoms with Crippen LogP contribution in [0.25, 0.3) is 0 Å². The third kappa shape index (κ3) is 7.82. The molecule has 0 bridgehead atoms. The van der Waals surface area contributed by atoms with Crippen molar-refractivity contribution in [1.82, 2.24) is 10.2 Å². The Morgan fingerprint density at radius 1 is 1.06 bits per heavy atom. The average Bonchev–Trinajstić information content (AvgIpc) is 2.85. The number of amides is 1. The van der Waals surface area contributed by atoms with Gasteiger partial charge in [-0.2, -0.15) is 0 Å². The fraction of sp³-hybridized carbons (Fsp3) is 0.517. The van der Waals surface area contributed by atoms with Gasteiger partial charge in [-0.25, -0.2) is 4.79 Å². The Morgan fingerprint density at radius 3 is 2.40 bits per heavy atom. The van der Waals surface area contributed by atoms with Gasteiger partial charge in [-0.15, -0.1) is 0 Å². The Hall–Kier alpha value is -2.86. The van der Waals surface area contributed by atoms with Crippen molar-refractivity contribution in [3.8, 4) is 5.75 Å². The van der Waals surface area contributed by atoms with Gasteiger partial charge in [-0.3, -0.25) is 9.69 Å². The van der Waals surface area contributed by atoms with Crippen molar-refractivity contribution in [3.63, 3.8) is 0 Å². The molecule has 35 heavy (non-hydrogen) atoms. The number of aryl methyl sites for hydroxylation is 2. The van der Waals surface area contributed by atoms with Crippen molar-refractivity contribution in [2.45, 2.75) is 66.0 Å². The lowest BCUT2D eigenvalue weighted by molar-refractivity contribution is -0.130. The summed E-state index contributed by atoms with van der Waals surface area (Å²) in [5.74, 6) is 0.740. The molecule has 6 heteroatoms. The molecule has 1 N–H and O–H groups in total. The summed E-state index contributed by atoms with van der Waals surface area (Å²) in [5, 5.41) is 3.29. The smallest absolute Gasteiger partial charge is 0.337 e. The molecule has 6 nitrogen and oxygen atoms in total. The predicted octanol–water partition coefficient (Wildman–Crippen LogP) is 5.06. The number of benzene rings is 2. The first-order chi connectivity index (χ1) is 16.7. The molecule has 2 aromatic rings. The zero-order valence-corrected chi connectivity index (χ0v) is 21.9. The molecule has 0 aliphatic carbocycles. The number of hydrogen-bond donors (Lipinski definition) is 1. The number of likely N-dealkylation sites (tertiary alicyclic amines) is 1. The number of ether oxygens (including phenoxy) is 2. The molecule has 1 fully saturated rings. The van der Waals surface area contributed by atoms with Gasteiger partial charge in [0.2, 0.25) is 5.91 Å². The lowest BCUT2D eigenvalue weighted by atomic mass is 9.86. The lowest BCUT2D eigenvalue weighted by Gasteiger charge is -2.34. The zero-order valence-electron chi connectivity index (χ0n) is 21.9. The van der Waals surface area contributed by atoms with E-state index in [0.29, 0.717) is 12.2 Å². The summed E-state index contributed by atoms with van der Waals surface area (Å²) in [7, 11) is 1.39. The van der Waals surface area contributed by atoms with Gasteiger partial charge in [-0.1, -0.05) is 38.1 Å². The van der Waals surface area contributed by atoms with Crippen LogP contribution in [0.15, 0.2) is 42.5 Å². The molecule has 0 saturated carbocycles. The number of esters is 1. The number of methoxy groups -OCH3 is 1. The van der Waals surface area contributed by atoms with Crippen LogP contribution in [0, 0.1) is 19.3 Å². The summed E-state index contributed by atoms with van der Waals surface area (Å²) in [5.41, 5.74) is 3.63. The van der Waals surface area contributed by atoms with Crippen LogP contribution in [0.4, 0.5) is 0 Å². The highest BCUT2D eigenvalue weighted by Gasteiger charge is 2.30. The van der Waals surface area contributed by atoms with Crippen LogP contribution in [0.5, 0.6) is 5.75 Å². The van der Waals surface area contributed by atoms with Crippen LogP contribution in [0.3, 0.4) is 0 Å². The molecule has 0 atom stereocenters. The number of carbonyl (C=O) groups is 2. The fourth-order valence-corrected chi connectivity index (χ4v) is 4.41. The number of piperidine rings is 1. The van der Waals surface area contributed by atoms with E-state index in [0.717, 1.165) is 56.6 Å². The van der Waals surface area contributed by atoms with Gasteiger partial charge in [0.1, 0.15) is 5.75 Å². The maximum Gasteiger partial charge on any atom is 0.337 e. The lowest BCUT2D eigenvalue weighted by Crippen LogP contribution is -2.48. The van der Waals surface area contributed by atoms with Crippen LogP contribution in [0.1, 0.15) is 66.6 Å². The van der Waals surface area contributed by atoms with Gasteiger partial charge < -0.3 is 14.8 Å². The van der Waals surface area contributed by atoms with Crippen LogP contribution < -0.4 is 10.1 Å². The first-order valence-corrected chi connectivity index (χ1v) is 12.6. The van der Waals surface area contributed by atoms with E-state index in [4.69, 9.17) is 9.47 Å². The summed E-state index contributed by atoms with van der Waals surface area (Å²) in [6.07, 6.45) is 3.50. The van der Waals surface area contributed by atoms with Gasteiger partial charge in [0.05, 0.1) is 19.3 Å². The highest BCUT2D eigenvalue weighted by atomic mass is 16.5. The summed E-state index contributed by atoms with van der Waals surface area (Å²) < 4.78 is 10.7. The highest BCUT2D eigenvalue weighted by Crippen LogP contribution is 2.25. The number of nitrogens with one attached hydrogen (secondary N) is 1. The number of nitrogens with zero attached hydrogens (tertiary/aromatic N) is 1. The molecule has 190 valence electrons. The van der Waals surface area contributed by atoms with E-state index < -0.39 is 5.41 Å². The van der Waals surface area contributed by atoms with Gasteiger partial charge >= 0.3 is 5.97 Å². The van der Waals surface area contributed by atoms with Crippen molar-refractivity contribution >= 4 is 11.9 Å². The Morgan fingerprint density at radius 2 is 1.74 bits per heavy atom. The molecule has 0 aromatic heterocycles. The molecule has 1 saturated heterocycles. The first-order valence-electron chi connectivity index (χ1n) is 12.6. The monoisotopic (exact) mass is 480 g/mol. The minimum atomic E-state index is -0.427. The Labute approximate surface area is 210 Å². The van der Waals surface area contributed by atoms with Crippen LogP contribution in [-0.2, 0) is 16.1 Å². The Bertz CT molecular complexity index is 992. The Kier molecular flexibility index (Phi) is 9.33. The third-order valence-electron chi connectivity index (χ3n) is 6.87. The largest absolute Gasteiger partial charge is 0.493 e. The topological polar surface area (TPSA) is 67.9 Å². The predicted molar refractivity (Wildman–Crippen MR) is 139 cm³/mol. The van der Waals surface area contributed by atoms with Gasteiger partial charge in [-0.05, 0) is 74.4 Å². The summed E-state index contributed by atoms with van der Waals surface area (Å²) in [6.45, 7) is 11.5. The van der Waals surface area contributed by atoms with Crippen molar-refractivity contribution in [2.24, 2.45) is 5.41 Å². The van der Waals surface area contributed by atoms with E-state index in [1.807, 2.05) is 38.1 Å². The molecular weight excluding hydrogens is 440 g/mol. The number of hydrogen-bond acceptors (Lipinski definition) is 5. The number of rotatable bonds is 10. The van der Waals surface area contributed by atoms with Crippen LogP contribution in [0.2, 0.25) is 0 Å². The van der Waals surface area contributed by atoms with Crippen molar-refractivity contribution in [1.29, 1.82) is 0 Å². The second-order valence-electron chi connectivity index (χ2n) is 10.3. The molecule has 1 amide bonds. The van der Waals surface area contributed by atoms with Crippen molar-refractivity contribution in [2.75, 3.05) is 26.8 Å². The highest BCUT2D eigenvalue weighted by molar-refractivity contribution is 5.89. The van der Waals surface area contributed by atoms with Crippen LogP contribution >= 0.6 is 0 Å². The van der Waals surface area contributed by atoms with E-state index in [1.54, 1.807) is 0 Å².